The topological polar surface area (TPSA) is 151 Å². The van der Waals surface area contributed by atoms with Crippen LogP contribution in [0.2, 0.25) is 0 Å². The van der Waals surface area contributed by atoms with E-state index in [1.54, 1.807) is 18.2 Å². The Morgan fingerprint density at radius 1 is 1.11 bits per heavy atom. The van der Waals surface area contributed by atoms with E-state index in [0.29, 0.717) is 32.1 Å². The molecule has 1 saturated heterocycles. The Labute approximate surface area is 213 Å². The number of fused-ring (bicyclic) bond motifs is 3. The second kappa shape index (κ2) is 9.86. The number of carboxylic acid groups (broad SMARTS) is 1. The lowest BCUT2D eigenvalue weighted by atomic mass is 9.50. The Hall–Kier alpha value is -3.31. The Morgan fingerprint density at radius 3 is 2.68 bits per heavy atom. The van der Waals surface area contributed by atoms with Crippen molar-refractivity contribution >= 4 is 35.3 Å². The van der Waals surface area contributed by atoms with Crippen molar-refractivity contribution in [2.75, 3.05) is 31.7 Å². The number of carboxylic acids is 1. The van der Waals surface area contributed by atoms with Crippen LogP contribution >= 0.6 is 0 Å². The number of carbonyl (C=O) groups excluding carboxylic acids is 4. The largest absolute Gasteiger partial charge is 0.481 e. The van der Waals surface area contributed by atoms with Crippen LogP contribution in [0.3, 0.4) is 0 Å². The van der Waals surface area contributed by atoms with Crippen molar-refractivity contribution in [1.82, 2.24) is 10.2 Å². The first-order valence-corrected chi connectivity index (χ1v) is 12.7. The van der Waals surface area contributed by atoms with Gasteiger partial charge in [0.15, 0.2) is 0 Å². The Morgan fingerprint density at radius 2 is 1.92 bits per heavy atom. The molecule has 11 heteroatoms. The summed E-state index contributed by atoms with van der Waals surface area (Å²) < 4.78 is 11.8. The third-order valence-corrected chi connectivity index (χ3v) is 7.93. The molecule has 198 valence electrons. The molecule has 0 spiro atoms. The number of nitrogens with zero attached hydrogens (tertiary/aromatic N) is 1. The van der Waals surface area contributed by atoms with E-state index in [-0.39, 0.29) is 41.4 Å². The minimum absolute atomic E-state index is 0.0697. The standard InChI is InChI=1S/C26H31N3O8/c30-19-6-5-18(22(33)28-19)29-23(34)16-3-1-4-17(21(16)24(29)35)27-9-10-36-11-12-37-26-8-2-7-25(14-26,15-26)13-20(31)32/h1,3-4,18,27H,2,5-15H2,(H,31,32)(H,28,30,33). The number of ether oxygens (including phenoxy) is 2. The predicted octanol–water partition coefficient (Wildman–Crippen LogP) is 1.71. The molecule has 3 N–H and O–H groups in total. The number of hydrogen-bond donors (Lipinski definition) is 3. The molecule has 4 amide bonds. The van der Waals surface area contributed by atoms with E-state index in [1.165, 1.54) is 0 Å². The summed E-state index contributed by atoms with van der Waals surface area (Å²) in [5.41, 5.74) is 0.612. The first-order chi connectivity index (χ1) is 17.7. The van der Waals surface area contributed by atoms with Gasteiger partial charge in [-0.3, -0.25) is 34.2 Å². The molecule has 1 aromatic carbocycles. The maximum atomic E-state index is 13.1. The smallest absolute Gasteiger partial charge is 0.303 e. The van der Waals surface area contributed by atoms with Crippen LogP contribution < -0.4 is 10.6 Å². The SMILES string of the molecule is O=C(O)CC12CCCC(OCCOCCNc3cccc4c3C(=O)N(C3CCC(=O)NC3=O)C4=O)(C1)C2. The van der Waals surface area contributed by atoms with Crippen molar-refractivity contribution in [3.05, 3.63) is 29.3 Å². The summed E-state index contributed by atoms with van der Waals surface area (Å²) in [5.74, 6) is -2.90. The van der Waals surface area contributed by atoms with Gasteiger partial charge in [0.05, 0.1) is 43.0 Å². The molecule has 3 aliphatic carbocycles. The Balaban J connectivity index is 1.08. The maximum absolute atomic E-state index is 13.1. The van der Waals surface area contributed by atoms with E-state index in [4.69, 9.17) is 14.6 Å². The number of nitrogens with one attached hydrogen (secondary N) is 2. The molecule has 2 aliphatic heterocycles. The lowest BCUT2D eigenvalue weighted by Gasteiger charge is -2.59. The van der Waals surface area contributed by atoms with Gasteiger partial charge >= 0.3 is 5.97 Å². The highest BCUT2D eigenvalue weighted by molar-refractivity contribution is 6.25. The van der Waals surface area contributed by atoms with Crippen molar-refractivity contribution in [1.29, 1.82) is 0 Å². The van der Waals surface area contributed by atoms with Gasteiger partial charge in [-0.1, -0.05) is 12.5 Å². The van der Waals surface area contributed by atoms with Crippen LogP contribution in [0.5, 0.6) is 0 Å². The molecular formula is C26H31N3O8. The molecule has 0 radical (unpaired) electrons. The first kappa shape index (κ1) is 25.3. The fraction of sp³-hybridized carbons (Fsp3) is 0.577. The van der Waals surface area contributed by atoms with Crippen molar-refractivity contribution in [3.63, 3.8) is 0 Å². The summed E-state index contributed by atoms with van der Waals surface area (Å²) in [4.78, 5) is 61.8. The lowest BCUT2D eigenvalue weighted by molar-refractivity contribution is -0.210. The highest BCUT2D eigenvalue weighted by Crippen LogP contribution is 2.61. The molecule has 37 heavy (non-hydrogen) atoms. The second-order valence-corrected chi connectivity index (χ2v) is 10.5. The zero-order chi connectivity index (χ0) is 26.2. The first-order valence-electron chi connectivity index (χ1n) is 12.7. The molecular weight excluding hydrogens is 482 g/mol. The summed E-state index contributed by atoms with van der Waals surface area (Å²) in [6.45, 7) is 1.56. The minimum Gasteiger partial charge on any atom is -0.481 e. The number of aliphatic carboxylic acids is 1. The molecule has 3 saturated carbocycles. The fourth-order valence-corrected chi connectivity index (χ4v) is 6.50. The van der Waals surface area contributed by atoms with Crippen molar-refractivity contribution < 1.29 is 38.6 Å². The van der Waals surface area contributed by atoms with E-state index in [0.717, 1.165) is 37.0 Å². The summed E-state index contributed by atoms with van der Waals surface area (Å²) >= 11 is 0. The van der Waals surface area contributed by atoms with Gasteiger partial charge in [-0.25, -0.2) is 0 Å². The number of benzene rings is 1. The van der Waals surface area contributed by atoms with Gasteiger partial charge < -0.3 is 19.9 Å². The number of anilines is 1. The zero-order valence-electron chi connectivity index (χ0n) is 20.5. The summed E-state index contributed by atoms with van der Waals surface area (Å²) in [6.07, 6.45) is 4.89. The number of piperidine rings is 1. The molecule has 6 rings (SSSR count). The van der Waals surface area contributed by atoms with Gasteiger partial charge in [0.2, 0.25) is 11.8 Å². The van der Waals surface area contributed by atoms with Crippen LogP contribution in [0, 0.1) is 5.41 Å². The summed E-state index contributed by atoms with van der Waals surface area (Å²) in [7, 11) is 0. The van der Waals surface area contributed by atoms with E-state index >= 15 is 0 Å². The number of rotatable bonds is 11. The lowest BCUT2D eigenvalue weighted by Crippen LogP contribution is -2.57. The molecule has 4 fully saturated rings. The highest BCUT2D eigenvalue weighted by Gasteiger charge is 2.58. The van der Waals surface area contributed by atoms with Crippen LogP contribution in [0.4, 0.5) is 5.69 Å². The van der Waals surface area contributed by atoms with E-state index in [1.807, 2.05) is 0 Å². The molecule has 0 aromatic heterocycles. The Bertz CT molecular complexity index is 1140. The summed E-state index contributed by atoms with van der Waals surface area (Å²) in [6, 6.07) is 3.91. The molecule has 1 unspecified atom stereocenters. The van der Waals surface area contributed by atoms with Crippen LogP contribution in [-0.2, 0) is 23.9 Å². The second-order valence-electron chi connectivity index (χ2n) is 10.5. The quantitative estimate of drug-likeness (QED) is 0.297. The zero-order valence-corrected chi connectivity index (χ0v) is 20.5. The molecule has 5 aliphatic rings. The van der Waals surface area contributed by atoms with Gasteiger partial charge in [0.1, 0.15) is 6.04 Å². The fourth-order valence-electron chi connectivity index (χ4n) is 6.50. The maximum Gasteiger partial charge on any atom is 0.303 e. The van der Waals surface area contributed by atoms with Crippen molar-refractivity contribution in [2.24, 2.45) is 5.41 Å². The van der Waals surface area contributed by atoms with Crippen LogP contribution in [0.15, 0.2) is 18.2 Å². The van der Waals surface area contributed by atoms with Crippen LogP contribution in [-0.4, -0.2) is 77.6 Å². The van der Waals surface area contributed by atoms with E-state index < -0.39 is 35.6 Å². The van der Waals surface area contributed by atoms with Crippen molar-refractivity contribution in [3.8, 4) is 0 Å². The minimum atomic E-state index is -1.00. The number of amides is 4. The third kappa shape index (κ3) is 4.85. The Kier molecular flexibility index (Phi) is 6.76. The monoisotopic (exact) mass is 513 g/mol. The normalized spacial score (nSPS) is 28.5. The number of hydrogen-bond acceptors (Lipinski definition) is 8. The predicted molar refractivity (Wildman–Crippen MR) is 129 cm³/mol. The van der Waals surface area contributed by atoms with Crippen molar-refractivity contribution in [2.45, 2.75) is 63.0 Å². The van der Waals surface area contributed by atoms with Crippen LogP contribution in [0.25, 0.3) is 0 Å². The van der Waals surface area contributed by atoms with Gasteiger partial charge in [0.25, 0.3) is 11.8 Å². The van der Waals surface area contributed by atoms with Gasteiger partial charge in [-0.05, 0) is 49.7 Å². The van der Waals surface area contributed by atoms with Gasteiger partial charge in [-0.2, -0.15) is 0 Å². The molecule has 2 heterocycles. The van der Waals surface area contributed by atoms with Crippen LogP contribution in [0.1, 0.15) is 72.1 Å². The highest BCUT2D eigenvalue weighted by atomic mass is 16.5. The van der Waals surface area contributed by atoms with Gasteiger partial charge in [0, 0.05) is 18.7 Å². The molecule has 2 bridgehead atoms. The third-order valence-electron chi connectivity index (χ3n) is 7.93. The van der Waals surface area contributed by atoms with E-state index in [9.17, 15) is 24.0 Å². The average molecular weight is 514 g/mol. The van der Waals surface area contributed by atoms with Gasteiger partial charge in [-0.15, -0.1) is 0 Å². The average Bonchev–Trinajstić information content (AvgIpc) is 3.08. The summed E-state index contributed by atoms with van der Waals surface area (Å²) in [5, 5.41) is 14.5. The molecule has 1 aromatic rings. The number of carbonyl (C=O) groups is 5. The molecule has 11 nitrogen and oxygen atoms in total. The molecule has 1 atom stereocenters. The van der Waals surface area contributed by atoms with E-state index in [2.05, 4.69) is 10.6 Å². The number of imide groups is 2.